The van der Waals surface area contributed by atoms with Crippen LogP contribution >= 0.6 is 0 Å². The van der Waals surface area contributed by atoms with E-state index in [0.29, 0.717) is 18.3 Å². The summed E-state index contributed by atoms with van der Waals surface area (Å²) in [6.07, 6.45) is 4.32. The topological polar surface area (TPSA) is 37.6 Å². The molecule has 3 saturated heterocycles. The van der Waals surface area contributed by atoms with Crippen molar-refractivity contribution >= 4 is 0 Å². The van der Waals surface area contributed by atoms with Crippen LogP contribution < -0.4 is 0 Å². The quantitative estimate of drug-likeness (QED) is 0.378. The largest absolute Gasteiger partial charge is 0.373 e. The number of epoxide rings is 3. The molecule has 3 aromatic rings. The van der Waals surface area contributed by atoms with Gasteiger partial charge in [-0.3, -0.25) is 0 Å². The number of hydrogen-bond acceptors (Lipinski definition) is 3. The molecule has 0 N–H and O–H groups in total. The second kappa shape index (κ2) is 8.23. The summed E-state index contributed by atoms with van der Waals surface area (Å²) in [5.74, 6) is 0.226. The smallest absolute Gasteiger partial charge is 0.0850 e. The predicted octanol–water partition coefficient (Wildman–Crippen LogP) is 4.69. The molecule has 6 rings (SSSR count). The third kappa shape index (κ3) is 4.90. The van der Waals surface area contributed by atoms with Gasteiger partial charge in [-0.05, 0) is 33.4 Å². The molecule has 0 amide bonds. The highest BCUT2D eigenvalue weighted by molar-refractivity contribution is 5.45. The summed E-state index contributed by atoms with van der Waals surface area (Å²) in [5.41, 5.74) is 8.05. The summed E-state index contributed by atoms with van der Waals surface area (Å²) in [6.45, 7) is 2.71. The van der Waals surface area contributed by atoms with Gasteiger partial charge in [-0.1, -0.05) is 72.8 Å². The van der Waals surface area contributed by atoms with Crippen molar-refractivity contribution in [2.45, 2.75) is 43.5 Å². The van der Waals surface area contributed by atoms with E-state index in [1.807, 2.05) is 0 Å². The molecule has 3 aliphatic heterocycles. The highest BCUT2D eigenvalue weighted by atomic mass is 16.6. The summed E-state index contributed by atoms with van der Waals surface area (Å²) in [5, 5.41) is 0. The third-order valence-corrected chi connectivity index (χ3v) is 6.54. The van der Waals surface area contributed by atoms with E-state index < -0.39 is 0 Å². The Morgan fingerprint density at radius 1 is 0.484 bits per heavy atom. The van der Waals surface area contributed by atoms with E-state index in [1.54, 1.807) is 0 Å². The molecular formula is C28H28O3. The molecule has 0 saturated carbocycles. The van der Waals surface area contributed by atoms with E-state index in [1.165, 1.54) is 33.4 Å². The molecule has 3 unspecified atom stereocenters. The Balaban J connectivity index is 1.29. The van der Waals surface area contributed by atoms with Gasteiger partial charge in [0, 0.05) is 25.2 Å². The van der Waals surface area contributed by atoms with Gasteiger partial charge in [-0.15, -0.1) is 0 Å². The highest BCUT2D eigenvalue weighted by Gasteiger charge is 2.25. The van der Waals surface area contributed by atoms with Crippen LogP contribution in [-0.2, 0) is 33.5 Å². The molecule has 0 bridgehead atoms. The number of ether oxygens (including phenoxy) is 3. The lowest BCUT2D eigenvalue weighted by Crippen LogP contribution is -2.05. The van der Waals surface area contributed by atoms with Crippen LogP contribution in [0.3, 0.4) is 0 Å². The zero-order valence-corrected chi connectivity index (χ0v) is 17.7. The molecule has 3 heteroatoms. The van der Waals surface area contributed by atoms with Crippen LogP contribution in [0.5, 0.6) is 0 Å². The fourth-order valence-electron chi connectivity index (χ4n) is 4.46. The Labute approximate surface area is 184 Å². The SMILES string of the molecule is c1cc(C(c2ccc(CC3CO3)cc2)c2ccc(CC3CO3)cc2)ccc1CC1CO1. The zero-order chi connectivity index (χ0) is 20.6. The van der Waals surface area contributed by atoms with Gasteiger partial charge in [-0.25, -0.2) is 0 Å². The molecule has 3 aliphatic rings. The maximum absolute atomic E-state index is 5.40. The second-order valence-corrected chi connectivity index (χ2v) is 9.14. The Morgan fingerprint density at radius 2 is 0.742 bits per heavy atom. The molecule has 0 aromatic heterocycles. The van der Waals surface area contributed by atoms with Gasteiger partial charge in [-0.2, -0.15) is 0 Å². The standard InChI is InChI=1S/C28H28O3/c1-7-22(8-2-19(1)13-25-16-29-25)28(23-9-3-20(4-10-23)14-26-17-30-26)24-11-5-21(6-12-24)15-27-18-31-27/h1-12,25-28H,13-18H2. The fourth-order valence-corrected chi connectivity index (χ4v) is 4.46. The van der Waals surface area contributed by atoms with Gasteiger partial charge in [0.25, 0.3) is 0 Å². The predicted molar refractivity (Wildman–Crippen MR) is 121 cm³/mol. The summed E-state index contributed by atoms with van der Waals surface area (Å²) in [4.78, 5) is 0. The van der Waals surface area contributed by atoms with Crippen molar-refractivity contribution in [3.05, 3.63) is 106 Å². The highest BCUT2D eigenvalue weighted by Crippen LogP contribution is 2.33. The first-order valence-electron chi connectivity index (χ1n) is 11.4. The number of benzene rings is 3. The molecule has 3 nitrogen and oxygen atoms in total. The maximum Gasteiger partial charge on any atom is 0.0850 e. The van der Waals surface area contributed by atoms with Crippen molar-refractivity contribution in [3.8, 4) is 0 Å². The average molecular weight is 413 g/mol. The van der Waals surface area contributed by atoms with Crippen molar-refractivity contribution in [1.82, 2.24) is 0 Å². The molecule has 3 aromatic carbocycles. The van der Waals surface area contributed by atoms with Crippen molar-refractivity contribution in [3.63, 3.8) is 0 Å². The minimum absolute atomic E-state index is 0.226. The lowest BCUT2D eigenvalue weighted by molar-refractivity contribution is 0.407. The molecule has 31 heavy (non-hydrogen) atoms. The van der Waals surface area contributed by atoms with E-state index in [-0.39, 0.29) is 5.92 Å². The molecule has 3 atom stereocenters. The van der Waals surface area contributed by atoms with Gasteiger partial charge in [0.05, 0.1) is 38.1 Å². The Kier molecular flexibility index (Phi) is 5.11. The zero-order valence-electron chi connectivity index (χ0n) is 17.7. The van der Waals surface area contributed by atoms with Crippen LogP contribution in [0.4, 0.5) is 0 Å². The molecule has 0 spiro atoms. The minimum atomic E-state index is 0.226. The van der Waals surface area contributed by atoms with E-state index in [4.69, 9.17) is 14.2 Å². The van der Waals surface area contributed by atoms with Gasteiger partial charge in [0.15, 0.2) is 0 Å². The van der Waals surface area contributed by atoms with Gasteiger partial charge >= 0.3 is 0 Å². The van der Waals surface area contributed by atoms with Crippen LogP contribution in [0.1, 0.15) is 39.3 Å². The Bertz CT molecular complexity index is 875. The van der Waals surface area contributed by atoms with E-state index in [0.717, 1.165) is 39.1 Å². The maximum atomic E-state index is 5.40. The molecule has 3 fully saturated rings. The normalized spacial score (nSPS) is 24.6. The van der Waals surface area contributed by atoms with Gasteiger partial charge in [0.2, 0.25) is 0 Å². The van der Waals surface area contributed by atoms with Crippen LogP contribution in [0.2, 0.25) is 0 Å². The fraction of sp³-hybridized carbons (Fsp3) is 0.357. The molecule has 0 aliphatic carbocycles. The van der Waals surface area contributed by atoms with Crippen molar-refractivity contribution < 1.29 is 14.2 Å². The molecule has 3 heterocycles. The van der Waals surface area contributed by atoms with E-state index in [9.17, 15) is 0 Å². The summed E-state index contributed by atoms with van der Waals surface area (Å²) in [6, 6.07) is 27.3. The van der Waals surface area contributed by atoms with Crippen molar-refractivity contribution in [2.75, 3.05) is 19.8 Å². The van der Waals surface area contributed by atoms with Gasteiger partial charge in [0.1, 0.15) is 0 Å². The number of rotatable bonds is 9. The Hall–Kier alpha value is -2.46. The molecular weight excluding hydrogens is 384 g/mol. The average Bonchev–Trinajstić information content (AvgIpc) is 3.63. The van der Waals surface area contributed by atoms with Crippen molar-refractivity contribution in [1.29, 1.82) is 0 Å². The lowest BCUT2D eigenvalue weighted by atomic mass is 9.84. The lowest BCUT2D eigenvalue weighted by Gasteiger charge is -2.20. The minimum Gasteiger partial charge on any atom is -0.373 e. The van der Waals surface area contributed by atoms with Gasteiger partial charge < -0.3 is 14.2 Å². The van der Waals surface area contributed by atoms with Crippen LogP contribution in [0.15, 0.2) is 72.8 Å². The Morgan fingerprint density at radius 3 is 0.968 bits per heavy atom. The monoisotopic (exact) mass is 412 g/mol. The van der Waals surface area contributed by atoms with E-state index in [2.05, 4.69) is 72.8 Å². The third-order valence-electron chi connectivity index (χ3n) is 6.54. The van der Waals surface area contributed by atoms with Crippen LogP contribution in [-0.4, -0.2) is 38.1 Å². The summed E-state index contributed by atoms with van der Waals surface area (Å²) < 4.78 is 16.2. The first-order valence-corrected chi connectivity index (χ1v) is 11.4. The van der Waals surface area contributed by atoms with Crippen LogP contribution in [0, 0.1) is 0 Å². The second-order valence-electron chi connectivity index (χ2n) is 9.14. The van der Waals surface area contributed by atoms with Crippen molar-refractivity contribution in [2.24, 2.45) is 0 Å². The van der Waals surface area contributed by atoms with Crippen LogP contribution in [0.25, 0.3) is 0 Å². The first-order chi connectivity index (χ1) is 15.3. The molecule has 158 valence electrons. The first kappa shape index (κ1) is 19.2. The summed E-state index contributed by atoms with van der Waals surface area (Å²) >= 11 is 0. The van der Waals surface area contributed by atoms with E-state index >= 15 is 0 Å². The molecule has 0 radical (unpaired) electrons. The summed E-state index contributed by atoms with van der Waals surface area (Å²) in [7, 11) is 0. The number of hydrogen-bond donors (Lipinski definition) is 0.